The van der Waals surface area contributed by atoms with Gasteiger partial charge in [-0.1, -0.05) is 18.2 Å². The summed E-state index contributed by atoms with van der Waals surface area (Å²) in [6.45, 7) is 3.70. The zero-order chi connectivity index (χ0) is 16.8. The third-order valence-electron chi connectivity index (χ3n) is 4.17. The molecule has 24 heavy (non-hydrogen) atoms. The number of amides is 1. The van der Waals surface area contributed by atoms with Crippen molar-refractivity contribution in [2.75, 3.05) is 20.2 Å². The molecule has 1 aliphatic rings. The molecule has 0 atom stereocenters. The predicted molar refractivity (Wildman–Crippen MR) is 95.2 cm³/mol. The molecule has 1 aliphatic heterocycles. The fourth-order valence-corrected chi connectivity index (χ4v) is 3.74. The molecule has 0 unspecified atom stereocenters. The highest BCUT2D eigenvalue weighted by molar-refractivity contribution is 7.09. The first-order valence-electron chi connectivity index (χ1n) is 8.29. The summed E-state index contributed by atoms with van der Waals surface area (Å²) in [7, 11) is 1.64. The van der Waals surface area contributed by atoms with Gasteiger partial charge in [-0.05, 0) is 32.0 Å². The number of carbonyl (C=O) groups is 1. The molecular formula is C18H23N3O2S. The molecule has 128 valence electrons. The van der Waals surface area contributed by atoms with E-state index in [0.717, 1.165) is 41.6 Å². The monoisotopic (exact) mass is 345 g/mol. The maximum absolute atomic E-state index is 12.1. The SMILES string of the molecule is COc1ccccc1CNC(=O)Cc1csc(CN2CCCC2)n1. The van der Waals surface area contributed by atoms with Crippen molar-refractivity contribution in [1.29, 1.82) is 0 Å². The van der Waals surface area contributed by atoms with E-state index in [4.69, 9.17) is 4.74 Å². The van der Waals surface area contributed by atoms with E-state index in [1.54, 1.807) is 18.4 Å². The number of para-hydroxylation sites is 1. The molecule has 1 saturated heterocycles. The summed E-state index contributed by atoms with van der Waals surface area (Å²) >= 11 is 1.65. The Labute approximate surface area is 146 Å². The van der Waals surface area contributed by atoms with E-state index in [0.29, 0.717) is 13.0 Å². The summed E-state index contributed by atoms with van der Waals surface area (Å²) < 4.78 is 5.30. The molecule has 5 nitrogen and oxygen atoms in total. The second kappa shape index (κ2) is 8.26. The summed E-state index contributed by atoms with van der Waals surface area (Å²) in [6, 6.07) is 7.71. The average molecular weight is 345 g/mol. The van der Waals surface area contributed by atoms with Crippen molar-refractivity contribution in [3.05, 3.63) is 45.9 Å². The molecule has 0 saturated carbocycles. The van der Waals surface area contributed by atoms with Crippen LogP contribution in [0.1, 0.15) is 29.1 Å². The maximum Gasteiger partial charge on any atom is 0.226 e. The largest absolute Gasteiger partial charge is 0.496 e. The lowest BCUT2D eigenvalue weighted by atomic mass is 10.2. The molecule has 1 fully saturated rings. The molecule has 2 aromatic rings. The molecule has 0 bridgehead atoms. The van der Waals surface area contributed by atoms with Crippen LogP contribution in [0.25, 0.3) is 0 Å². The number of ether oxygens (including phenoxy) is 1. The van der Waals surface area contributed by atoms with Gasteiger partial charge >= 0.3 is 0 Å². The van der Waals surface area contributed by atoms with E-state index in [9.17, 15) is 4.79 Å². The quantitative estimate of drug-likeness (QED) is 0.838. The molecule has 0 spiro atoms. The van der Waals surface area contributed by atoms with Gasteiger partial charge < -0.3 is 10.1 Å². The zero-order valence-electron chi connectivity index (χ0n) is 14.0. The van der Waals surface area contributed by atoms with E-state index < -0.39 is 0 Å². The number of nitrogens with one attached hydrogen (secondary N) is 1. The minimum absolute atomic E-state index is 0.0149. The first kappa shape index (κ1) is 16.9. The van der Waals surface area contributed by atoms with Gasteiger partial charge in [-0.2, -0.15) is 0 Å². The predicted octanol–water partition coefficient (Wildman–Crippen LogP) is 2.61. The number of hydrogen-bond donors (Lipinski definition) is 1. The first-order chi connectivity index (χ1) is 11.7. The van der Waals surface area contributed by atoms with Crippen molar-refractivity contribution in [1.82, 2.24) is 15.2 Å². The van der Waals surface area contributed by atoms with Gasteiger partial charge in [0.25, 0.3) is 0 Å². The Kier molecular flexibility index (Phi) is 5.82. The fourth-order valence-electron chi connectivity index (χ4n) is 2.90. The Balaban J connectivity index is 1.49. The smallest absolute Gasteiger partial charge is 0.226 e. The van der Waals surface area contributed by atoms with Crippen molar-refractivity contribution < 1.29 is 9.53 Å². The van der Waals surface area contributed by atoms with Crippen LogP contribution >= 0.6 is 11.3 Å². The number of thiazole rings is 1. The standard InChI is InChI=1S/C18H23N3O2S/c1-23-16-7-3-2-6-14(16)11-19-17(22)10-15-13-24-18(20-15)12-21-8-4-5-9-21/h2-3,6-7,13H,4-5,8-12H2,1H3,(H,19,22). The van der Waals surface area contributed by atoms with Crippen LogP contribution < -0.4 is 10.1 Å². The summed E-state index contributed by atoms with van der Waals surface area (Å²) in [5.74, 6) is 0.776. The van der Waals surface area contributed by atoms with E-state index >= 15 is 0 Å². The second-order valence-electron chi connectivity index (χ2n) is 5.98. The average Bonchev–Trinajstić information content (AvgIpc) is 3.26. The number of carbonyl (C=O) groups excluding carboxylic acids is 1. The van der Waals surface area contributed by atoms with Gasteiger partial charge in [0.1, 0.15) is 10.8 Å². The van der Waals surface area contributed by atoms with Crippen molar-refractivity contribution in [2.24, 2.45) is 0 Å². The number of aromatic nitrogens is 1. The highest BCUT2D eigenvalue weighted by atomic mass is 32.1. The third-order valence-corrected chi connectivity index (χ3v) is 5.05. The fraction of sp³-hybridized carbons (Fsp3) is 0.444. The van der Waals surface area contributed by atoms with Crippen LogP contribution in [0, 0.1) is 0 Å². The number of methoxy groups -OCH3 is 1. The molecule has 3 rings (SSSR count). The third kappa shape index (κ3) is 4.55. The number of benzene rings is 1. The summed E-state index contributed by atoms with van der Waals surface area (Å²) in [4.78, 5) is 19.2. The van der Waals surface area contributed by atoms with E-state index in [1.807, 2.05) is 29.6 Å². The van der Waals surface area contributed by atoms with Crippen LogP contribution in [0.4, 0.5) is 0 Å². The molecule has 0 aliphatic carbocycles. The molecule has 2 heterocycles. The topological polar surface area (TPSA) is 54.5 Å². The van der Waals surface area contributed by atoms with Gasteiger partial charge in [-0.3, -0.25) is 9.69 Å². The van der Waals surface area contributed by atoms with Gasteiger partial charge in [0.2, 0.25) is 5.91 Å². The molecular weight excluding hydrogens is 322 g/mol. The van der Waals surface area contributed by atoms with Crippen molar-refractivity contribution in [3.8, 4) is 5.75 Å². The Morgan fingerprint density at radius 2 is 2.12 bits per heavy atom. The Hall–Kier alpha value is -1.92. The van der Waals surface area contributed by atoms with E-state index in [1.165, 1.54) is 12.8 Å². The maximum atomic E-state index is 12.1. The van der Waals surface area contributed by atoms with Crippen LogP contribution in [0.5, 0.6) is 5.75 Å². The lowest BCUT2D eigenvalue weighted by molar-refractivity contribution is -0.120. The first-order valence-corrected chi connectivity index (χ1v) is 9.17. The summed E-state index contributed by atoms with van der Waals surface area (Å²) in [5, 5.41) is 6.04. The van der Waals surface area contributed by atoms with Crippen LogP contribution in [-0.2, 0) is 24.3 Å². The van der Waals surface area contributed by atoms with Crippen LogP contribution in [-0.4, -0.2) is 36.0 Å². The normalized spacial score (nSPS) is 14.7. The van der Waals surface area contributed by atoms with Gasteiger partial charge in [-0.15, -0.1) is 11.3 Å². The minimum atomic E-state index is -0.0149. The van der Waals surface area contributed by atoms with Crippen LogP contribution in [0.3, 0.4) is 0 Å². The minimum Gasteiger partial charge on any atom is -0.496 e. The Morgan fingerprint density at radius 3 is 2.92 bits per heavy atom. The second-order valence-corrected chi connectivity index (χ2v) is 6.92. The van der Waals surface area contributed by atoms with E-state index in [2.05, 4.69) is 15.2 Å². The lowest BCUT2D eigenvalue weighted by Gasteiger charge is -2.11. The molecule has 1 aromatic heterocycles. The highest BCUT2D eigenvalue weighted by Gasteiger charge is 2.14. The molecule has 0 radical (unpaired) electrons. The molecule has 1 amide bonds. The molecule has 6 heteroatoms. The zero-order valence-corrected chi connectivity index (χ0v) is 14.8. The summed E-state index contributed by atoms with van der Waals surface area (Å²) in [6.07, 6.45) is 2.89. The van der Waals surface area contributed by atoms with Gasteiger partial charge in [-0.25, -0.2) is 4.98 Å². The number of likely N-dealkylation sites (tertiary alicyclic amines) is 1. The van der Waals surface area contributed by atoms with Crippen molar-refractivity contribution >= 4 is 17.2 Å². The van der Waals surface area contributed by atoms with Crippen molar-refractivity contribution in [3.63, 3.8) is 0 Å². The number of nitrogens with zero attached hydrogens (tertiary/aromatic N) is 2. The highest BCUT2D eigenvalue weighted by Crippen LogP contribution is 2.18. The molecule has 1 N–H and O–H groups in total. The van der Waals surface area contributed by atoms with Crippen LogP contribution in [0.2, 0.25) is 0 Å². The number of hydrogen-bond acceptors (Lipinski definition) is 5. The number of rotatable bonds is 7. The van der Waals surface area contributed by atoms with E-state index in [-0.39, 0.29) is 5.91 Å². The molecule has 1 aromatic carbocycles. The van der Waals surface area contributed by atoms with Gasteiger partial charge in [0.15, 0.2) is 0 Å². The van der Waals surface area contributed by atoms with Crippen molar-refractivity contribution in [2.45, 2.75) is 32.4 Å². The van der Waals surface area contributed by atoms with Crippen LogP contribution in [0.15, 0.2) is 29.6 Å². The van der Waals surface area contributed by atoms with Gasteiger partial charge in [0, 0.05) is 17.5 Å². The van der Waals surface area contributed by atoms with Gasteiger partial charge in [0.05, 0.1) is 25.8 Å². The Morgan fingerprint density at radius 1 is 1.33 bits per heavy atom. The lowest BCUT2D eigenvalue weighted by Crippen LogP contribution is -2.25. The Bertz CT molecular complexity index is 680. The summed E-state index contributed by atoms with van der Waals surface area (Å²) in [5.41, 5.74) is 1.83.